The van der Waals surface area contributed by atoms with Crippen molar-refractivity contribution in [3.63, 3.8) is 0 Å². The maximum Gasteiger partial charge on any atom is 0.220 e. The number of hydrogen-bond acceptors (Lipinski definition) is 3. The summed E-state index contributed by atoms with van der Waals surface area (Å²) in [5.74, 6) is 0.955. The second-order valence-electron chi connectivity index (χ2n) is 5.65. The Balaban J connectivity index is 1.48. The molecule has 2 aliphatic heterocycles. The van der Waals surface area contributed by atoms with Crippen LogP contribution in [0.1, 0.15) is 38.5 Å². The molecular weight excluding hydrogens is 226 g/mol. The second-order valence-corrected chi connectivity index (χ2v) is 5.65. The highest BCUT2D eigenvalue weighted by molar-refractivity contribution is 5.75. The molecule has 2 heterocycles. The minimum absolute atomic E-state index is 0.235. The molecule has 0 bridgehead atoms. The lowest BCUT2D eigenvalue weighted by molar-refractivity contribution is -0.121. The summed E-state index contributed by atoms with van der Waals surface area (Å²) in [4.78, 5) is 14.2. The summed E-state index contributed by atoms with van der Waals surface area (Å²) in [6.07, 6.45) is 7.00. The first-order valence-electron chi connectivity index (χ1n) is 7.54. The summed E-state index contributed by atoms with van der Waals surface area (Å²) in [5, 5.41) is 6.40. The molecule has 0 aromatic rings. The van der Waals surface area contributed by atoms with E-state index in [1.807, 2.05) is 0 Å². The van der Waals surface area contributed by atoms with E-state index in [4.69, 9.17) is 0 Å². The van der Waals surface area contributed by atoms with Gasteiger partial charge in [0.15, 0.2) is 0 Å². The smallest absolute Gasteiger partial charge is 0.220 e. The molecule has 0 radical (unpaired) electrons. The van der Waals surface area contributed by atoms with Crippen LogP contribution in [0, 0.1) is 5.92 Å². The van der Waals surface area contributed by atoms with E-state index >= 15 is 0 Å². The standard InChI is InChI=1S/C14H27N3O/c18-14(5-4-13-6-7-15-12-13)16-8-11-17-9-2-1-3-10-17/h13,15H,1-12H2,(H,16,18). The fourth-order valence-corrected chi connectivity index (χ4v) is 2.92. The van der Waals surface area contributed by atoms with Crippen LogP contribution >= 0.6 is 0 Å². The van der Waals surface area contributed by atoms with Gasteiger partial charge < -0.3 is 15.5 Å². The highest BCUT2D eigenvalue weighted by atomic mass is 16.1. The van der Waals surface area contributed by atoms with Gasteiger partial charge in [-0.05, 0) is 57.8 Å². The van der Waals surface area contributed by atoms with E-state index in [2.05, 4.69) is 15.5 Å². The van der Waals surface area contributed by atoms with Gasteiger partial charge in [-0.2, -0.15) is 0 Å². The number of piperidine rings is 1. The van der Waals surface area contributed by atoms with Gasteiger partial charge in [-0.25, -0.2) is 0 Å². The molecule has 104 valence electrons. The minimum Gasteiger partial charge on any atom is -0.355 e. The molecule has 1 amide bonds. The van der Waals surface area contributed by atoms with Crippen molar-refractivity contribution < 1.29 is 4.79 Å². The SMILES string of the molecule is O=C(CCC1CCNC1)NCCN1CCCCC1. The molecule has 4 heteroatoms. The van der Waals surface area contributed by atoms with Gasteiger partial charge in [-0.1, -0.05) is 6.42 Å². The monoisotopic (exact) mass is 253 g/mol. The largest absolute Gasteiger partial charge is 0.355 e. The molecular formula is C14H27N3O. The first kappa shape index (κ1) is 13.8. The molecule has 2 rings (SSSR count). The van der Waals surface area contributed by atoms with Crippen molar-refractivity contribution >= 4 is 5.91 Å². The predicted octanol–water partition coefficient (Wildman–Crippen LogP) is 0.978. The van der Waals surface area contributed by atoms with Gasteiger partial charge >= 0.3 is 0 Å². The molecule has 2 saturated heterocycles. The lowest BCUT2D eigenvalue weighted by atomic mass is 10.0. The number of carbonyl (C=O) groups excluding carboxylic acids is 1. The summed E-state index contributed by atoms with van der Waals surface area (Å²) >= 11 is 0. The van der Waals surface area contributed by atoms with E-state index in [1.54, 1.807) is 0 Å². The fourth-order valence-electron chi connectivity index (χ4n) is 2.92. The Labute approximate surface area is 110 Å². The molecule has 0 aromatic carbocycles. The van der Waals surface area contributed by atoms with E-state index in [9.17, 15) is 4.79 Å². The zero-order valence-corrected chi connectivity index (χ0v) is 11.4. The van der Waals surface area contributed by atoms with Crippen LogP contribution in [-0.2, 0) is 4.79 Å². The summed E-state index contributed by atoms with van der Waals surface area (Å²) in [6, 6.07) is 0. The van der Waals surface area contributed by atoms with Crippen LogP contribution in [-0.4, -0.2) is 50.1 Å². The Morgan fingerprint density at radius 2 is 2.11 bits per heavy atom. The maximum absolute atomic E-state index is 11.7. The molecule has 2 aliphatic rings. The maximum atomic E-state index is 11.7. The van der Waals surface area contributed by atoms with Gasteiger partial charge in [0.1, 0.15) is 0 Å². The quantitative estimate of drug-likeness (QED) is 0.741. The van der Waals surface area contributed by atoms with Gasteiger partial charge in [0.25, 0.3) is 0 Å². The van der Waals surface area contributed by atoms with E-state index in [-0.39, 0.29) is 5.91 Å². The predicted molar refractivity (Wildman–Crippen MR) is 73.5 cm³/mol. The third kappa shape index (κ3) is 4.94. The number of nitrogens with one attached hydrogen (secondary N) is 2. The van der Waals surface area contributed by atoms with E-state index in [0.29, 0.717) is 6.42 Å². The molecule has 0 aromatic heterocycles. The molecule has 0 saturated carbocycles. The van der Waals surface area contributed by atoms with Crippen LogP contribution in [0.2, 0.25) is 0 Å². The Kier molecular flexibility index (Phi) is 5.94. The first-order valence-corrected chi connectivity index (χ1v) is 7.54. The van der Waals surface area contributed by atoms with Gasteiger partial charge in [0, 0.05) is 19.5 Å². The number of amides is 1. The Bertz CT molecular complexity index is 245. The molecule has 4 nitrogen and oxygen atoms in total. The zero-order valence-electron chi connectivity index (χ0n) is 11.4. The third-order valence-corrected chi connectivity index (χ3v) is 4.14. The van der Waals surface area contributed by atoms with Crippen molar-refractivity contribution in [3.8, 4) is 0 Å². The Morgan fingerprint density at radius 1 is 1.28 bits per heavy atom. The molecule has 18 heavy (non-hydrogen) atoms. The summed E-state index contributed by atoms with van der Waals surface area (Å²) in [5.41, 5.74) is 0. The van der Waals surface area contributed by atoms with Crippen molar-refractivity contribution in [2.45, 2.75) is 38.5 Å². The third-order valence-electron chi connectivity index (χ3n) is 4.14. The molecule has 2 fully saturated rings. The first-order chi connectivity index (χ1) is 8.84. The van der Waals surface area contributed by atoms with Crippen LogP contribution in [0.4, 0.5) is 0 Å². The van der Waals surface area contributed by atoms with Crippen molar-refractivity contribution in [2.24, 2.45) is 5.92 Å². The van der Waals surface area contributed by atoms with Crippen molar-refractivity contribution in [2.75, 3.05) is 39.3 Å². The van der Waals surface area contributed by atoms with Crippen LogP contribution in [0.3, 0.4) is 0 Å². The van der Waals surface area contributed by atoms with E-state index in [1.165, 1.54) is 38.8 Å². The molecule has 1 atom stereocenters. The van der Waals surface area contributed by atoms with Crippen LogP contribution in [0.25, 0.3) is 0 Å². The minimum atomic E-state index is 0.235. The summed E-state index contributed by atoms with van der Waals surface area (Å²) < 4.78 is 0. The number of carbonyl (C=O) groups is 1. The topological polar surface area (TPSA) is 44.4 Å². The van der Waals surface area contributed by atoms with Gasteiger partial charge in [-0.3, -0.25) is 4.79 Å². The number of hydrogen-bond donors (Lipinski definition) is 2. The van der Waals surface area contributed by atoms with Crippen molar-refractivity contribution in [1.82, 2.24) is 15.5 Å². The fraction of sp³-hybridized carbons (Fsp3) is 0.929. The molecule has 1 unspecified atom stereocenters. The van der Waals surface area contributed by atoms with Gasteiger partial charge in [-0.15, -0.1) is 0 Å². The van der Waals surface area contributed by atoms with E-state index < -0.39 is 0 Å². The van der Waals surface area contributed by atoms with Gasteiger partial charge in [0.2, 0.25) is 5.91 Å². The summed E-state index contributed by atoms with van der Waals surface area (Å²) in [6.45, 7) is 6.49. The zero-order chi connectivity index (χ0) is 12.6. The second kappa shape index (κ2) is 7.74. The highest BCUT2D eigenvalue weighted by Gasteiger charge is 2.15. The molecule has 0 spiro atoms. The van der Waals surface area contributed by atoms with E-state index in [0.717, 1.165) is 38.5 Å². The Hall–Kier alpha value is -0.610. The lowest BCUT2D eigenvalue weighted by Gasteiger charge is -2.26. The van der Waals surface area contributed by atoms with Crippen LogP contribution < -0.4 is 10.6 Å². The lowest BCUT2D eigenvalue weighted by Crippen LogP contribution is -2.37. The normalized spacial score (nSPS) is 25.2. The summed E-state index contributed by atoms with van der Waals surface area (Å²) in [7, 11) is 0. The van der Waals surface area contributed by atoms with Gasteiger partial charge in [0.05, 0.1) is 0 Å². The Morgan fingerprint density at radius 3 is 2.83 bits per heavy atom. The van der Waals surface area contributed by atoms with Crippen molar-refractivity contribution in [3.05, 3.63) is 0 Å². The number of rotatable bonds is 6. The molecule has 0 aliphatic carbocycles. The molecule has 2 N–H and O–H groups in total. The average molecular weight is 253 g/mol. The van der Waals surface area contributed by atoms with Crippen molar-refractivity contribution in [1.29, 1.82) is 0 Å². The van der Waals surface area contributed by atoms with Crippen LogP contribution in [0.15, 0.2) is 0 Å². The average Bonchev–Trinajstić information content (AvgIpc) is 2.91. The van der Waals surface area contributed by atoms with Crippen LogP contribution in [0.5, 0.6) is 0 Å². The number of likely N-dealkylation sites (tertiary alicyclic amines) is 1. The highest BCUT2D eigenvalue weighted by Crippen LogP contribution is 2.13. The number of nitrogens with zero attached hydrogens (tertiary/aromatic N) is 1.